The molecule has 1 aliphatic rings. The SMILES string of the molecule is Cc1cnn(CCNC2CCCC2CN)c1. The lowest BCUT2D eigenvalue weighted by molar-refractivity contribution is 0.394. The van der Waals surface area contributed by atoms with Crippen molar-refractivity contribution in [3.05, 3.63) is 18.0 Å². The Hall–Kier alpha value is -0.870. The number of hydrogen-bond donors (Lipinski definition) is 2. The first-order valence-electron chi connectivity index (χ1n) is 6.22. The highest BCUT2D eigenvalue weighted by molar-refractivity contribution is 4.99. The monoisotopic (exact) mass is 222 g/mol. The summed E-state index contributed by atoms with van der Waals surface area (Å²) in [5.74, 6) is 0.680. The van der Waals surface area contributed by atoms with Gasteiger partial charge in [0.25, 0.3) is 0 Å². The molecule has 1 fully saturated rings. The van der Waals surface area contributed by atoms with Crippen LogP contribution < -0.4 is 11.1 Å². The molecule has 4 nitrogen and oxygen atoms in total. The van der Waals surface area contributed by atoms with Gasteiger partial charge < -0.3 is 11.1 Å². The van der Waals surface area contributed by atoms with E-state index in [9.17, 15) is 0 Å². The molecule has 2 unspecified atom stereocenters. The molecule has 1 heterocycles. The smallest absolute Gasteiger partial charge is 0.0534 e. The van der Waals surface area contributed by atoms with Crippen molar-refractivity contribution in [1.29, 1.82) is 0 Å². The Morgan fingerprint density at radius 1 is 1.56 bits per heavy atom. The highest BCUT2D eigenvalue weighted by Crippen LogP contribution is 2.24. The van der Waals surface area contributed by atoms with E-state index in [1.807, 2.05) is 10.9 Å². The number of aryl methyl sites for hydroxylation is 1. The van der Waals surface area contributed by atoms with Crippen LogP contribution in [0.4, 0.5) is 0 Å². The maximum absolute atomic E-state index is 5.75. The van der Waals surface area contributed by atoms with Crippen LogP contribution in [-0.2, 0) is 6.54 Å². The van der Waals surface area contributed by atoms with Crippen LogP contribution in [0.25, 0.3) is 0 Å². The van der Waals surface area contributed by atoms with Gasteiger partial charge in [0.15, 0.2) is 0 Å². The summed E-state index contributed by atoms with van der Waals surface area (Å²) in [4.78, 5) is 0. The molecule has 1 saturated carbocycles. The molecule has 0 spiro atoms. The van der Waals surface area contributed by atoms with Crippen molar-refractivity contribution < 1.29 is 0 Å². The number of nitrogens with zero attached hydrogens (tertiary/aromatic N) is 2. The molecule has 4 heteroatoms. The molecule has 16 heavy (non-hydrogen) atoms. The van der Waals surface area contributed by atoms with E-state index in [2.05, 4.69) is 23.5 Å². The van der Waals surface area contributed by atoms with Gasteiger partial charge in [0, 0.05) is 18.8 Å². The summed E-state index contributed by atoms with van der Waals surface area (Å²) in [5.41, 5.74) is 6.98. The van der Waals surface area contributed by atoms with Gasteiger partial charge in [-0.3, -0.25) is 4.68 Å². The molecule has 1 aromatic rings. The molecule has 0 bridgehead atoms. The van der Waals surface area contributed by atoms with Gasteiger partial charge in [-0.2, -0.15) is 5.10 Å². The topological polar surface area (TPSA) is 55.9 Å². The first-order valence-corrected chi connectivity index (χ1v) is 6.22. The normalized spacial score (nSPS) is 25.1. The van der Waals surface area contributed by atoms with Gasteiger partial charge >= 0.3 is 0 Å². The highest BCUT2D eigenvalue weighted by atomic mass is 15.3. The van der Waals surface area contributed by atoms with E-state index in [1.165, 1.54) is 24.8 Å². The van der Waals surface area contributed by atoms with E-state index in [1.54, 1.807) is 0 Å². The van der Waals surface area contributed by atoms with Crippen LogP contribution in [0.5, 0.6) is 0 Å². The standard InChI is InChI=1S/C12H22N4/c1-10-8-15-16(9-10)6-5-14-12-4-2-3-11(12)7-13/h8-9,11-12,14H,2-7,13H2,1H3. The lowest BCUT2D eigenvalue weighted by atomic mass is 10.0. The molecule has 0 saturated heterocycles. The number of hydrogen-bond acceptors (Lipinski definition) is 3. The lowest BCUT2D eigenvalue weighted by Crippen LogP contribution is -2.37. The van der Waals surface area contributed by atoms with Gasteiger partial charge in [-0.15, -0.1) is 0 Å². The second-order valence-electron chi connectivity index (χ2n) is 4.77. The number of aromatic nitrogens is 2. The first kappa shape index (κ1) is 11.6. The average Bonchev–Trinajstić information content (AvgIpc) is 2.87. The van der Waals surface area contributed by atoms with Crippen molar-refractivity contribution in [2.75, 3.05) is 13.1 Å². The highest BCUT2D eigenvalue weighted by Gasteiger charge is 2.24. The summed E-state index contributed by atoms with van der Waals surface area (Å²) in [5, 5.41) is 7.87. The van der Waals surface area contributed by atoms with Gasteiger partial charge in [-0.1, -0.05) is 6.42 Å². The summed E-state index contributed by atoms with van der Waals surface area (Å²) in [6.45, 7) is 4.82. The second-order valence-corrected chi connectivity index (χ2v) is 4.77. The fourth-order valence-corrected chi connectivity index (χ4v) is 2.54. The van der Waals surface area contributed by atoms with Gasteiger partial charge in [0.1, 0.15) is 0 Å². The largest absolute Gasteiger partial charge is 0.330 e. The van der Waals surface area contributed by atoms with Crippen molar-refractivity contribution in [2.45, 2.75) is 38.8 Å². The Balaban J connectivity index is 1.71. The van der Waals surface area contributed by atoms with E-state index in [4.69, 9.17) is 5.73 Å². The van der Waals surface area contributed by atoms with Gasteiger partial charge in [0.05, 0.1) is 12.7 Å². The van der Waals surface area contributed by atoms with Gasteiger partial charge in [-0.05, 0) is 37.8 Å². The predicted octanol–water partition coefficient (Wildman–Crippen LogP) is 0.909. The zero-order valence-electron chi connectivity index (χ0n) is 10.0. The molecular formula is C12H22N4. The molecule has 1 aromatic heterocycles. The van der Waals surface area contributed by atoms with Crippen LogP contribution in [-0.4, -0.2) is 28.9 Å². The zero-order valence-corrected chi connectivity index (χ0v) is 10.0. The fraction of sp³-hybridized carbons (Fsp3) is 0.750. The van der Waals surface area contributed by atoms with Crippen molar-refractivity contribution in [2.24, 2.45) is 11.7 Å². The molecule has 0 amide bonds. The Labute approximate surface area is 97.2 Å². The van der Waals surface area contributed by atoms with Crippen LogP contribution in [0.3, 0.4) is 0 Å². The minimum Gasteiger partial charge on any atom is -0.330 e. The Morgan fingerprint density at radius 3 is 3.12 bits per heavy atom. The average molecular weight is 222 g/mol. The molecule has 0 aliphatic heterocycles. The maximum Gasteiger partial charge on any atom is 0.0534 e. The Kier molecular flexibility index (Phi) is 3.96. The molecule has 0 radical (unpaired) electrons. The van der Waals surface area contributed by atoms with Crippen molar-refractivity contribution >= 4 is 0 Å². The van der Waals surface area contributed by atoms with Crippen molar-refractivity contribution in [1.82, 2.24) is 15.1 Å². The van der Waals surface area contributed by atoms with Gasteiger partial charge in [-0.25, -0.2) is 0 Å². The summed E-state index contributed by atoms with van der Waals surface area (Å²) in [6.07, 6.45) is 7.87. The maximum atomic E-state index is 5.75. The molecule has 1 aliphatic carbocycles. The Morgan fingerprint density at radius 2 is 2.44 bits per heavy atom. The summed E-state index contributed by atoms with van der Waals surface area (Å²) < 4.78 is 1.99. The Bertz CT molecular complexity index is 321. The van der Waals surface area contributed by atoms with Crippen molar-refractivity contribution in [3.8, 4) is 0 Å². The minimum atomic E-state index is 0.627. The van der Waals surface area contributed by atoms with E-state index >= 15 is 0 Å². The first-order chi connectivity index (χ1) is 7.79. The van der Waals surface area contributed by atoms with Crippen LogP contribution >= 0.6 is 0 Å². The zero-order chi connectivity index (χ0) is 11.4. The van der Waals surface area contributed by atoms with Crippen molar-refractivity contribution in [3.63, 3.8) is 0 Å². The molecule has 2 rings (SSSR count). The van der Waals surface area contributed by atoms with E-state index in [0.29, 0.717) is 12.0 Å². The third-order valence-corrected chi connectivity index (χ3v) is 3.47. The fourth-order valence-electron chi connectivity index (χ4n) is 2.54. The van der Waals surface area contributed by atoms with E-state index < -0.39 is 0 Å². The van der Waals surface area contributed by atoms with E-state index in [-0.39, 0.29) is 0 Å². The third-order valence-electron chi connectivity index (χ3n) is 3.47. The summed E-state index contributed by atoms with van der Waals surface area (Å²) in [6, 6.07) is 0.627. The second kappa shape index (κ2) is 5.46. The molecule has 0 aromatic carbocycles. The van der Waals surface area contributed by atoms with E-state index in [0.717, 1.165) is 19.6 Å². The molecular weight excluding hydrogens is 200 g/mol. The molecule has 90 valence electrons. The van der Waals surface area contributed by atoms with Crippen LogP contribution in [0.15, 0.2) is 12.4 Å². The lowest BCUT2D eigenvalue weighted by Gasteiger charge is -2.19. The summed E-state index contributed by atoms with van der Waals surface area (Å²) in [7, 11) is 0. The minimum absolute atomic E-state index is 0.627. The van der Waals surface area contributed by atoms with Crippen LogP contribution in [0, 0.1) is 12.8 Å². The van der Waals surface area contributed by atoms with Crippen LogP contribution in [0.2, 0.25) is 0 Å². The van der Waals surface area contributed by atoms with Crippen LogP contribution in [0.1, 0.15) is 24.8 Å². The third kappa shape index (κ3) is 2.83. The summed E-state index contributed by atoms with van der Waals surface area (Å²) >= 11 is 0. The predicted molar refractivity (Wildman–Crippen MR) is 65.2 cm³/mol. The quantitative estimate of drug-likeness (QED) is 0.778. The van der Waals surface area contributed by atoms with Gasteiger partial charge in [0.2, 0.25) is 0 Å². The number of nitrogens with one attached hydrogen (secondary N) is 1. The number of nitrogens with two attached hydrogens (primary N) is 1. The molecule has 2 atom stereocenters. The number of rotatable bonds is 5. The molecule has 3 N–H and O–H groups in total.